The molecule has 0 aromatic heterocycles. The predicted octanol–water partition coefficient (Wildman–Crippen LogP) is 0.350. The first-order chi connectivity index (χ1) is 15.8. The molecule has 6 rings (SSSR count). The van der Waals surface area contributed by atoms with E-state index < -0.39 is 53.7 Å². The SMILES string of the molecule is COc1cc2c(cc1OC)[C@@]13CCN4C(=O)C(=O)[C@@H](C[C@@H]41)[C@H]1[C@@H](OCC(=O)O)CC(=O)N2[C@@H]13. The number of amides is 2. The molecule has 10 heteroatoms. The number of carbonyl (C=O) groups excluding carboxylic acids is 3. The van der Waals surface area contributed by atoms with E-state index in [9.17, 15) is 24.3 Å². The maximum absolute atomic E-state index is 13.5. The van der Waals surface area contributed by atoms with E-state index in [4.69, 9.17) is 14.2 Å². The fourth-order valence-corrected chi connectivity index (χ4v) is 7.35. The molecule has 4 fully saturated rings. The maximum Gasteiger partial charge on any atom is 0.329 e. The van der Waals surface area contributed by atoms with Crippen molar-refractivity contribution in [2.75, 3.05) is 32.3 Å². The van der Waals surface area contributed by atoms with Crippen LogP contribution < -0.4 is 14.4 Å². The van der Waals surface area contributed by atoms with Crippen molar-refractivity contribution < 1.29 is 38.5 Å². The largest absolute Gasteiger partial charge is 0.493 e. The first-order valence-corrected chi connectivity index (χ1v) is 11.1. The van der Waals surface area contributed by atoms with Gasteiger partial charge >= 0.3 is 5.97 Å². The molecule has 2 bridgehead atoms. The lowest BCUT2D eigenvalue weighted by molar-refractivity contribution is -0.166. The highest BCUT2D eigenvalue weighted by Gasteiger charge is 2.73. The minimum absolute atomic E-state index is 0.0509. The van der Waals surface area contributed by atoms with E-state index in [2.05, 4.69) is 0 Å². The molecule has 2 amide bonds. The third-order valence-electron chi connectivity index (χ3n) is 8.42. The van der Waals surface area contributed by atoms with E-state index in [1.165, 1.54) is 7.11 Å². The molecule has 4 heterocycles. The number of piperidine rings is 2. The zero-order chi connectivity index (χ0) is 23.2. The number of carboxylic acid groups (broad SMARTS) is 1. The van der Waals surface area contributed by atoms with Crippen LogP contribution in [0, 0.1) is 11.8 Å². The van der Waals surface area contributed by atoms with Crippen LogP contribution in [0.25, 0.3) is 0 Å². The molecule has 10 nitrogen and oxygen atoms in total. The molecule has 1 aromatic rings. The number of Topliss-reactive ketones (excluding diaryl/α,β-unsaturated/α-hetero) is 1. The summed E-state index contributed by atoms with van der Waals surface area (Å²) in [6.07, 6.45) is 0.279. The van der Waals surface area contributed by atoms with Crippen LogP contribution in [0.5, 0.6) is 11.5 Å². The van der Waals surface area contributed by atoms with E-state index in [0.717, 1.165) is 5.56 Å². The van der Waals surface area contributed by atoms with E-state index in [1.54, 1.807) is 23.0 Å². The van der Waals surface area contributed by atoms with Gasteiger partial charge in [-0.2, -0.15) is 0 Å². The third kappa shape index (κ3) is 2.36. The molecular weight excluding hydrogens is 432 g/mol. The van der Waals surface area contributed by atoms with Gasteiger partial charge in [0.05, 0.1) is 38.5 Å². The fraction of sp³-hybridized carbons (Fsp3) is 0.565. The Morgan fingerprint density at radius 2 is 1.91 bits per heavy atom. The van der Waals surface area contributed by atoms with Crippen molar-refractivity contribution in [3.63, 3.8) is 0 Å². The molecule has 0 unspecified atom stereocenters. The van der Waals surface area contributed by atoms with Crippen molar-refractivity contribution in [2.45, 2.75) is 42.9 Å². The van der Waals surface area contributed by atoms with Crippen LogP contribution in [-0.4, -0.2) is 79.1 Å². The molecular formula is C23H24N2O8. The number of nitrogens with zero attached hydrogens (tertiary/aromatic N) is 2. The van der Waals surface area contributed by atoms with Gasteiger partial charge in [0.25, 0.3) is 5.91 Å². The van der Waals surface area contributed by atoms with Gasteiger partial charge in [0.2, 0.25) is 11.7 Å². The maximum atomic E-state index is 13.5. The molecule has 174 valence electrons. The zero-order valence-electron chi connectivity index (χ0n) is 18.3. The normalized spacial score (nSPS) is 35.5. The highest BCUT2D eigenvalue weighted by atomic mass is 16.5. The van der Waals surface area contributed by atoms with Crippen molar-refractivity contribution >= 4 is 29.3 Å². The summed E-state index contributed by atoms with van der Waals surface area (Å²) >= 11 is 0. The Kier molecular flexibility index (Phi) is 4.15. The number of carbonyl (C=O) groups is 4. The Morgan fingerprint density at radius 1 is 1.18 bits per heavy atom. The van der Waals surface area contributed by atoms with Gasteiger partial charge in [0, 0.05) is 35.9 Å². The van der Waals surface area contributed by atoms with Crippen LogP contribution in [0.3, 0.4) is 0 Å². The lowest BCUT2D eigenvalue weighted by Crippen LogP contribution is -2.71. The van der Waals surface area contributed by atoms with Crippen LogP contribution in [0.1, 0.15) is 24.8 Å². The first kappa shape index (κ1) is 20.5. The number of hydrogen-bond acceptors (Lipinski definition) is 7. The molecule has 0 radical (unpaired) electrons. The van der Waals surface area contributed by atoms with Crippen LogP contribution >= 0.6 is 0 Å². The molecule has 6 atom stereocenters. The lowest BCUT2D eigenvalue weighted by Gasteiger charge is -2.57. The number of ether oxygens (including phenoxy) is 3. The molecule has 33 heavy (non-hydrogen) atoms. The van der Waals surface area contributed by atoms with E-state index in [0.29, 0.717) is 36.6 Å². The molecule has 1 spiro atoms. The standard InChI is InChI=1S/C23H24N2O8/c1-31-13-6-11-12(7-14(13)32-2)25-17(26)8-15(33-9-18(27)28)19-10-5-16-23(11,21(19)25)3-4-24(16)22(30)20(10)29/h6-7,10,15-16,19,21H,3-5,8-9H2,1-2H3,(H,27,28)/t10-,15-,16+,19-,21-,23-/m0/s1. The van der Waals surface area contributed by atoms with Gasteiger partial charge in [-0.15, -0.1) is 0 Å². The van der Waals surface area contributed by atoms with Crippen molar-refractivity contribution in [3.05, 3.63) is 17.7 Å². The van der Waals surface area contributed by atoms with Crippen LogP contribution in [-0.2, 0) is 29.3 Å². The van der Waals surface area contributed by atoms with Crippen molar-refractivity contribution in [1.82, 2.24) is 4.90 Å². The van der Waals surface area contributed by atoms with Gasteiger partial charge in [-0.3, -0.25) is 14.4 Å². The number of fused-ring (bicyclic) bond motifs is 4. The Balaban J connectivity index is 1.58. The highest BCUT2D eigenvalue weighted by Crippen LogP contribution is 2.65. The summed E-state index contributed by atoms with van der Waals surface area (Å²) < 4.78 is 16.8. The molecule has 3 saturated heterocycles. The zero-order valence-corrected chi connectivity index (χ0v) is 18.3. The topological polar surface area (TPSA) is 123 Å². The van der Waals surface area contributed by atoms with Crippen molar-refractivity contribution in [3.8, 4) is 11.5 Å². The molecule has 1 saturated carbocycles. The van der Waals surface area contributed by atoms with E-state index >= 15 is 0 Å². The summed E-state index contributed by atoms with van der Waals surface area (Å²) in [6.45, 7) is -0.130. The molecule has 5 aliphatic rings. The predicted molar refractivity (Wildman–Crippen MR) is 111 cm³/mol. The Bertz CT molecular complexity index is 1120. The number of methoxy groups -OCH3 is 2. The summed E-state index contributed by atoms with van der Waals surface area (Å²) in [6, 6.07) is 3.07. The minimum atomic E-state index is -1.14. The Morgan fingerprint density at radius 3 is 2.61 bits per heavy atom. The average Bonchev–Trinajstić information content (AvgIpc) is 3.34. The second-order valence-corrected chi connectivity index (χ2v) is 9.47. The number of hydrogen-bond donors (Lipinski definition) is 1. The van der Waals surface area contributed by atoms with Crippen LogP contribution in [0.15, 0.2) is 12.1 Å². The van der Waals surface area contributed by atoms with Gasteiger partial charge < -0.3 is 29.1 Å². The number of anilines is 1. The van der Waals surface area contributed by atoms with E-state index in [-0.39, 0.29) is 18.4 Å². The fourth-order valence-electron chi connectivity index (χ4n) is 7.35. The van der Waals surface area contributed by atoms with Crippen LogP contribution in [0.2, 0.25) is 0 Å². The van der Waals surface area contributed by atoms with Crippen LogP contribution in [0.4, 0.5) is 5.69 Å². The smallest absolute Gasteiger partial charge is 0.329 e. The molecule has 1 aliphatic carbocycles. The molecule has 1 aromatic carbocycles. The van der Waals surface area contributed by atoms with Gasteiger partial charge in [-0.25, -0.2) is 4.79 Å². The lowest BCUT2D eigenvalue weighted by atomic mass is 9.54. The molecule has 1 N–H and O–H groups in total. The average molecular weight is 456 g/mol. The van der Waals surface area contributed by atoms with Crippen molar-refractivity contribution in [2.24, 2.45) is 11.8 Å². The van der Waals surface area contributed by atoms with Gasteiger partial charge in [0.15, 0.2) is 11.5 Å². The number of benzene rings is 1. The summed E-state index contributed by atoms with van der Waals surface area (Å²) in [4.78, 5) is 54.3. The Hall–Kier alpha value is -3.14. The summed E-state index contributed by atoms with van der Waals surface area (Å²) in [5.74, 6) is -2.33. The number of carboxylic acids is 1. The number of ketones is 1. The first-order valence-electron chi connectivity index (χ1n) is 11.1. The highest BCUT2D eigenvalue weighted by molar-refractivity contribution is 6.38. The number of aliphatic carboxylic acids is 1. The van der Waals surface area contributed by atoms with Crippen molar-refractivity contribution in [1.29, 1.82) is 0 Å². The van der Waals surface area contributed by atoms with Gasteiger partial charge in [-0.1, -0.05) is 0 Å². The Labute approximate surface area is 189 Å². The minimum Gasteiger partial charge on any atom is -0.493 e. The second-order valence-electron chi connectivity index (χ2n) is 9.47. The van der Waals surface area contributed by atoms with Gasteiger partial charge in [-0.05, 0) is 24.5 Å². The molecule has 4 aliphatic heterocycles. The summed E-state index contributed by atoms with van der Waals surface area (Å²) in [5.41, 5.74) is 1.04. The van der Waals surface area contributed by atoms with E-state index in [1.807, 2.05) is 6.07 Å². The summed E-state index contributed by atoms with van der Waals surface area (Å²) in [5, 5.41) is 9.18. The second kappa shape index (κ2) is 6.69. The van der Waals surface area contributed by atoms with Gasteiger partial charge in [0.1, 0.15) is 6.61 Å². The quantitative estimate of drug-likeness (QED) is 0.630. The third-order valence-corrected chi connectivity index (χ3v) is 8.42. The summed E-state index contributed by atoms with van der Waals surface area (Å²) in [7, 11) is 3.08. The number of rotatable bonds is 5. The monoisotopic (exact) mass is 456 g/mol.